The van der Waals surface area contributed by atoms with Crippen LogP contribution in [0, 0.1) is 11.3 Å². The minimum absolute atomic E-state index is 0.239. The van der Waals surface area contributed by atoms with Gasteiger partial charge in [0.2, 0.25) is 0 Å². The summed E-state index contributed by atoms with van der Waals surface area (Å²) in [4.78, 5) is 12.0. The number of nitrogen functional groups attached to an aromatic ring is 1. The molecular weight excluding hydrogens is 318 g/mol. The van der Waals surface area contributed by atoms with Crippen LogP contribution in [0.15, 0.2) is 46.9 Å². The van der Waals surface area contributed by atoms with Crippen molar-refractivity contribution >= 4 is 27.5 Å². The summed E-state index contributed by atoms with van der Waals surface area (Å²) in [6.45, 7) is 0.351. The number of nitriles is 1. The van der Waals surface area contributed by atoms with Crippen molar-refractivity contribution in [2.45, 2.75) is 6.54 Å². The molecule has 1 amide bonds. The molecular formula is C15H12BrN3O. The molecule has 0 atom stereocenters. The first-order valence-electron chi connectivity index (χ1n) is 5.92. The van der Waals surface area contributed by atoms with Crippen molar-refractivity contribution < 1.29 is 4.79 Å². The first kappa shape index (κ1) is 14.1. The lowest BCUT2D eigenvalue weighted by molar-refractivity contribution is 0.0952. The monoisotopic (exact) mass is 329 g/mol. The third kappa shape index (κ3) is 3.37. The molecule has 2 aromatic carbocycles. The third-order valence-corrected chi connectivity index (χ3v) is 3.26. The van der Waals surface area contributed by atoms with Gasteiger partial charge in [-0.25, -0.2) is 0 Å². The number of anilines is 1. The average Bonchev–Trinajstić information content (AvgIpc) is 2.45. The van der Waals surface area contributed by atoms with Gasteiger partial charge in [0.15, 0.2) is 0 Å². The van der Waals surface area contributed by atoms with Crippen molar-refractivity contribution in [3.05, 3.63) is 63.6 Å². The Morgan fingerprint density at radius 1 is 1.30 bits per heavy atom. The predicted molar refractivity (Wildman–Crippen MR) is 80.9 cm³/mol. The lowest BCUT2D eigenvalue weighted by atomic mass is 10.1. The fourth-order valence-electron chi connectivity index (χ4n) is 1.77. The van der Waals surface area contributed by atoms with Crippen molar-refractivity contribution in [1.29, 1.82) is 5.26 Å². The predicted octanol–water partition coefficient (Wildman–Crippen LogP) is 2.83. The van der Waals surface area contributed by atoms with E-state index in [1.807, 2.05) is 6.07 Å². The summed E-state index contributed by atoms with van der Waals surface area (Å²) < 4.78 is 0.827. The van der Waals surface area contributed by atoms with Crippen LogP contribution in [0.3, 0.4) is 0 Å². The van der Waals surface area contributed by atoms with Crippen LogP contribution in [0.5, 0.6) is 0 Å². The number of halogens is 1. The van der Waals surface area contributed by atoms with Gasteiger partial charge in [0, 0.05) is 16.7 Å². The molecule has 5 heteroatoms. The third-order valence-electron chi connectivity index (χ3n) is 2.77. The van der Waals surface area contributed by atoms with E-state index in [4.69, 9.17) is 11.0 Å². The van der Waals surface area contributed by atoms with Crippen LogP contribution in [-0.4, -0.2) is 5.91 Å². The molecule has 3 N–H and O–H groups in total. The van der Waals surface area contributed by atoms with E-state index in [2.05, 4.69) is 27.3 Å². The Morgan fingerprint density at radius 2 is 2.10 bits per heavy atom. The van der Waals surface area contributed by atoms with Crippen molar-refractivity contribution in [1.82, 2.24) is 5.32 Å². The van der Waals surface area contributed by atoms with E-state index in [9.17, 15) is 4.79 Å². The number of amides is 1. The zero-order valence-electron chi connectivity index (χ0n) is 10.6. The Hall–Kier alpha value is -2.32. The van der Waals surface area contributed by atoms with Crippen LogP contribution in [0.4, 0.5) is 5.69 Å². The summed E-state index contributed by atoms with van der Waals surface area (Å²) in [5.74, 6) is -0.239. The molecule has 0 bridgehead atoms. The maximum absolute atomic E-state index is 12.0. The van der Waals surface area contributed by atoms with Gasteiger partial charge in [0.25, 0.3) is 5.91 Å². The Morgan fingerprint density at radius 3 is 2.80 bits per heavy atom. The molecule has 0 aromatic heterocycles. The molecule has 4 nitrogen and oxygen atoms in total. The van der Waals surface area contributed by atoms with Crippen LogP contribution in [0.1, 0.15) is 21.5 Å². The lowest BCUT2D eigenvalue weighted by Gasteiger charge is -2.08. The number of hydrogen-bond acceptors (Lipinski definition) is 3. The zero-order chi connectivity index (χ0) is 14.5. The van der Waals surface area contributed by atoms with E-state index in [0.29, 0.717) is 23.4 Å². The summed E-state index contributed by atoms with van der Waals surface area (Å²) in [6.07, 6.45) is 0. The summed E-state index contributed by atoms with van der Waals surface area (Å²) in [6, 6.07) is 14.3. The molecule has 0 saturated heterocycles. The summed E-state index contributed by atoms with van der Waals surface area (Å²) in [7, 11) is 0. The first-order chi connectivity index (χ1) is 9.60. The Kier molecular flexibility index (Phi) is 4.38. The van der Waals surface area contributed by atoms with Gasteiger partial charge in [-0.15, -0.1) is 0 Å². The second-order valence-electron chi connectivity index (χ2n) is 4.23. The number of rotatable bonds is 3. The highest BCUT2D eigenvalue weighted by Crippen LogP contribution is 2.18. The van der Waals surface area contributed by atoms with E-state index in [0.717, 1.165) is 10.0 Å². The van der Waals surface area contributed by atoms with Crippen LogP contribution in [-0.2, 0) is 6.54 Å². The first-order valence-corrected chi connectivity index (χ1v) is 6.71. The van der Waals surface area contributed by atoms with Crippen molar-refractivity contribution in [2.24, 2.45) is 0 Å². The molecule has 100 valence electrons. The van der Waals surface area contributed by atoms with Gasteiger partial charge in [-0.1, -0.05) is 28.1 Å². The van der Waals surface area contributed by atoms with Gasteiger partial charge in [0.05, 0.1) is 17.2 Å². The van der Waals surface area contributed by atoms with E-state index in [-0.39, 0.29) is 5.91 Å². The molecule has 0 fully saturated rings. The molecule has 0 saturated carbocycles. The Balaban J connectivity index is 2.07. The SMILES string of the molecule is N#Cc1cccc(CNC(=O)c2ccc(Br)cc2N)c1. The van der Waals surface area contributed by atoms with Crippen molar-refractivity contribution in [3.63, 3.8) is 0 Å². The smallest absolute Gasteiger partial charge is 0.253 e. The second-order valence-corrected chi connectivity index (χ2v) is 5.14. The number of nitrogens with zero attached hydrogens (tertiary/aromatic N) is 1. The van der Waals surface area contributed by atoms with Crippen LogP contribution in [0.2, 0.25) is 0 Å². The molecule has 0 aliphatic heterocycles. The fraction of sp³-hybridized carbons (Fsp3) is 0.0667. The van der Waals surface area contributed by atoms with Gasteiger partial charge >= 0.3 is 0 Å². The summed E-state index contributed by atoms with van der Waals surface area (Å²) >= 11 is 3.29. The van der Waals surface area contributed by atoms with E-state index >= 15 is 0 Å². The Labute approximate surface area is 125 Å². The van der Waals surface area contributed by atoms with Gasteiger partial charge in [-0.2, -0.15) is 5.26 Å². The molecule has 0 aliphatic carbocycles. The van der Waals surface area contributed by atoms with Crippen LogP contribution < -0.4 is 11.1 Å². The minimum atomic E-state index is -0.239. The number of hydrogen-bond donors (Lipinski definition) is 2. The minimum Gasteiger partial charge on any atom is -0.398 e. The molecule has 0 heterocycles. The maximum atomic E-state index is 12.0. The highest BCUT2D eigenvalue weighted by atomic mass is 79.9. The quantitative estimate of drug-likeness (QED) is 0.850. The summed E-state index contributed by atoms with van der Waals surface area (Å²) in [5.41, 5.74) is 8.09. The standard InChI is InChI=1S/C15H12BrN3O/c16-12-4-5-13(14(18)7-12)15(20)19-9-11-3-1-2-10(6-11)8-17/h1-7H,9,18H2,(H,19,20). The van der Waals surface area contributed by atoms with Crippen LogP contribution in [0.25, 0.3) is 0 Å². The Bertz CT molecular complexity index is 692. The van der Waals surface area contributed by atoms with E-state index in [1.54, 1.807) is 36.4 Å². The van der Waals surface area contributed by atoms with Gasteiger partial charge in [-0.05, 0) is 35.9 Å². The van der Waals surface area contributed by atoms with Gasteiger partial charge in [-0.3, -0.25) is 4.79 Å². The topological polar surface area (TPSA) is 78.9 Å². The largest absolute Gasteiger partial charge is 0.398 e. The van der Waals surface area contributed by atoms with E-state index in [1.165, 1.54) is 0 Å². The molecule has 20 heavy (non-hydrogen) atoms. The number of benzene rings is 2. The van der Waals surface area contributed by atoms with Crippen LogP contribution >= 0.6 is 15.9 Å². The van der Waals surface area contributed by atoms with E-state index < -0.39 is 0 Å². The fourth-order valence-corrected chi connectivity index (χ4v) is 2.15. The zero-order valence-corrected chi connectivity index (χ0v) is 12.1. The number of nitrogens with two attached hydrogens (primary N) is 1. The number of nitrogens with one attached hydrogen (secondary N) is 1. The van der Waals surface area contributed by atoms with Gasteiger partial charge < -0.3 is 11.1 Å². The van der Waals surface area contributed by atoms with Gasteiger partial charge in [0.1, 0.15) is 0 Å². The normalized spacial score (nSPS) is 9.80. The molecule has 0 spiro atoms. The number of carbonyl (C=O) groups excluding carboxylic acids is 1. The molecule has 0 unspecified atom stereocenters. The molecule has 0 radical (unpaired) electrons. The summed E-state index contributed by atoms with van der Waals surface area (Å²) in [5, 5.41) is 11.6. The molecule has 0 aliphatic rings. The van der Waals surface area contributed by atoms with Crippen molar-refractivity contribution in [2.75, 3.05) is 5.73 Å². The molecule has 2 rings (SSSR count). The highest BCUT2D eigenvalue weighted by molar-refractivity contribution is 9.10. The second kappa shape index (κ2) is 6.22. The maximum Gasteiger partial charge on any atom is 0.253 e. The highest BCUT2D eigenvalue weighted by Gasteiger charge is 2.09. The lowest BCUT2D eigenvalue weighted by Crippen LogP contribution is -2.23. The number of carbonyl (C=O) groups is 1. The van der Waals surface area contributed by atoms with Crippen molar-refractivity contribution in [3.8, 4) is 6.07 Å². The molecule has 2 aromatic rings. The average molecular weight is 330 g/mol.